The molecule has 0 aromatic heterocycles. The van der Waals surface area contributed by atoms with Crippen molar-refractivity contribution in [2.45, 2.75) is 57.5 Å². The van der Waals surface area contributed by atoms with E-state index in [1.165, 1.54) is 25.7 Å². The first-order valence-corrected chi connectivity index (χ1v) is 8.10. The Morgan fingerprint density at radius 2 is 1.80 bits per heavy atom. The lowest BCUT2D eigenvalue weighted by Gasteiger charge is -2.27. The molecule has 2 aliphatic carbocycles. The molecule has 0 saturated heterocycles. The molecule has 0 aliphatic heterocycles. The number of fused-ring (bicyclic) bond motifs is 3. The fraction of sp³-hybridized carbons (Fsp3) is 0.579. The van der Waals surface area contributed by atoms with Gasteiger partial charge in [-0.2, -0.15) is 0 Å². The van der Waals surface area contributed by atoms with Crippen molar-refractivity contribution in [2.24, 2.45) is 11.8 Å². The van der Waals surface area contributed by atoms with Crippen LogP contribution in [0.3, 0.4) is 0 Å². The molecule has 1 N–H and O–H groups in total. The molecule has 20 heavy (non-hydrogen) atoms. The minimum Gasteiger partial charge on any atom is -0.300 e. The zero-order chi connectivity index (χ0) is 13.9. The van der Waals surface area contributed by atoms with Crippen molar-refractivity contribution in [2.75, 3.05) is 0 Å². The summed E-state index contributed by atoms with van der Waals surface area (Å²) in [5.41, 5.74) is 3.14. The van der Waals surface area contributed by atoms with Crippen molar-refractivity contribution < 1.29 is 0 Å². The van der Waals surface area contributed by atoms with Gasteiger partial charge in [0.1, 0.15) is 0 Å². The van der Waals surface area contributed by atoms with E-state index < -0.39 is 0 Å². The summed E-state index contributed by atoms with van der Waals surface area (Å²) < 4.78 is 0. The highest BCUT2D eigenvalue weighted by atomic mass is 15.0. The van der Waals surface area contributed by atoms with Crippen molar-refractivity contribution in [3.05, 3.63) is 35.4 Å². The summed E-state index contributed by atoms with van der Waals surface area (Å²) in [6, 6.07) is 9.88. The molecule has 2 aliphatic rings. The fourth-order valence-corrected chi connectivity index (χ4v) is 4.16. The van der Waals surface area contributed by atoms with Crippen LogP contribution in [-0.4, -0.2) is 12.1 Å². The van der Waals surface area contributed by atoms with E-state index in [1.54, 1.807) is 11.1 Å². The summed E-state index contributed by atoms with van der Waals surface area (Å²) in [5.74, 6) is 4.50. The maximum Gasteiger partial charge on any atom is 0.0689 e. The predicted octanol–water partition coefficient (Wildman–Crippen LogP) is 3.57. The maximum atomic E-state index is 5.70. The first-order chi connectivity index (χ1) is 9.81. The van der Waals surface area contributed by atoms with E-state index in [-0.39, 0.29) is 6.04 Å². The molecule has 0 heterocycles. The third kappa shape index (κ3) is 2.63. The molecule has 0 radical (unpaired) electrons. The number of terminal acetylenes is 1. The largest absolute Gasteiger partial charge is 0.300 e. The van der Waals surface area contributed by atoms with Gasteiger partial charge in [0.05, 0.1) is 6.04 Å². The van der Waals surface area contributed by atoms with Gasteiger partial charge in [0.25, 0.3) is 0 Å². The molecule has 0 amide bonds. The van der Waals surface area contributed by atoms with Crippen molar-refractivity contribution in [1.29, 1.82) is 0 Å². The molecule has 2 bridgehead atoms. The summed E-state index contributed by atoms with van der Waals surface area (Å²) in [6.07, 6.45) is 13.1. The second-order valence-electron chi connectivity index (χ2n) is 6.47. The lowest BCUT2D eigenvalue weighted by Crippen LogP contribution is -2.43. The second-order valence-corrected chi connectivity index (χ2v) is 6.47. The molecular weight excluding hydrogens is 242 g/mol. The number of hydrogen-bond acceptors (Lipinski definition) is 1. The monoisotopic (exact) mass is 267 g/mol. The van der Waals surface area contributed by atoms with Crippen molar-refractivity contribution in [1.82, 2.24) is 5.32 Å². The first kappa shape index (κ1) is 13.7. The fourth-order valence-electron chi connectivity index (χ4n) is 4.16. The smallest absolute Gasteiger partial charge is 0.0689 e. The van der Waals surface area contributed by atoms with Gasteiger partial charge in [0, 0.05) is 6.04 Å². The Hall–Kier alpha value is -1.26. The lowest BCUT2D eigenvalue weighted by atomic mass is 9.94. The minimum absolute atomic E-state index is 0.259. The van der Waals surface area contributed by atoms with E-state index >= 15 is 0 Å². The van der Waals surface area contributed by atoms with E-state index in [1.807, 2.05) is 0 Å². The number of rotatable bonds is 4. The van der Waals surface area contributed by atoms with E-state index in [0.717, 1.165) is 24.7 Å². The molecule has 3 rings (SSSR count). The molecule has 106 valence electrons. The zero-order valence-electron chi connectivity index (χ0n) is 12.4. The van der Waals surface area contributed by atoms with Gasteiger partial charge < -0.3 is 5.32 Å². The van der Waals surface area contributed by atoms with Gasteiger partial charge in [0.2, 0.25) is 0 Å². The third-order valence-corrected chi connectivity index (χ3v) is 5.18. The number of nitrogens with one attached hydrogen (secondary N) is 1. The van der Waals surface area contributed by atoms with Gasteiger partial charge in [-0.25, -0.2) is 0 Å². The van der Waals surface area contributed by atoms with E-state index in [2.05, 4.69) is 42.4 Å². The summed E-state index contributed by atoms with van der Waals surface area (Å²) in [5, 5.41) is 3.81. The molecule has 1 fully saturated rings. The topological polar surface area (TPSA) is 12.0 Å². The van der Waals surface area contributed by atoms with Crippen molar-refractivity contribution in [3.8, 4) is 12.3 Å². The van der Waals surface area contributed by atoms with Gasteiger partial charge in [-0.1, -0.05) is 43.5 Å². The summed E-state index contributed by atoms with van der Waals surface area (Å²) in [4.78, 5) is 0. The normalized spacial score (nSPS) is 29.3. The van der Waals surface area contributed by atoms with Gasteiger partial charge in [-0.05, 0) is 55.1 Å². The average Bonchev–Trinajstić information content (AvgIpc) is 2.73. The summed E-state index contributed by atoms with van der Waals surface area (Å²) in [7, 11) is 0. The van der Waals surface area contributed by atoms with Crippen LogP contribution >= 0.6 is 0 Å². The maximum absolute atomic E-state index is 5.70. The SMILES string of the molecule is C#CC(CCC)NC1C2CCC1Cc1ccccc1C2. The predicted molar refractivity (Wildman–Crippen MR) is 84.5 cm³/mol. The van der Waals surface area contributed by atoms with Crippen LogP contribution < -0.4 is 5.32 Å². The molecular formula is C19H25N. The summed E-state index contributed by atoms with van der Waals surface area (Å²) in [6.45, 7) is 2.21. The molecule has 1 saturated carbocycles. The van der Waals surface area contributed by atoms with Crippen molar-refractivity contribution >= 4 is 0 Å². The minimum atomic E-state index is 0.259. The number of benzene rings is 1. The van der Waals surface area contributed by atoms with Crippen LogP contribution in [0.25, 0.3) is 0 Å². The van der Waals surface area contributed by atoms with E-state index in [9.17, 15) is 0 Å². The van der Waals surface area contributed by atoms with E-state index in [0.29, 0.717) is 6.04 Å². The van der Waals surface area contributed by atoms with Crippen LogP contribution in [0.1, 0.15) is 43.7 Å². The van der Waals surface area contributed by atoms with Gasteiger partial charge in [0.15, 0.2) is 0 Å². The lowest BCUT2D eigenvalue weighted by molar-refractivity contribution is 0.320. The van der Waals surface area contributed by atoms with Crippen LogP contribution in [0.15, 0.2) is 24.3 Å². The Balaban J connectivity index is 1.77. The van der Waals surface area contributed by atoms with Gasteiger partial charge in [-0.15, -0.1) is 6.42 Å². The van der Waals surface area contributed by atoms with Gasteiger partial charge >= 0.3 is 0 Å². The van der Waals surface area contributed by atoms with Crippen LogP contribution in [0.2, 0.25) is 0 Å². The Bertz CT molecular complexity index is 466. The van der Waals surface area contributed by atoms with Gasteiger partial charge in [-0.3, -0.25) is 0 Å². The standard InChI is InChI=1S/C19H25N/c1-3-7-18(4-2)20-19-16-10-11-17(19)13-15-9-6-5-8-14(15)12-16/h2,5-6,8-9,16-20H,3,7,10-13H2,1H3. The van der Waals surface area contributed by atoms with Crippen molar-refractivity contribution in [3.63, 3.8) is 0 Å². The Morgan fingerprint density at radius 1 is 1.20 bits per heavy atom. The summed E-state index contributed by atoms with van der Waals surface area (Å²) >= 11 is 0. The Labute approximate surface area is 123 Å². The highest BCUT2D eigenvalue weighted by Gasteiger charge is 2.39. The molecule has 1 aromatic rings. The molecule has 1 heteroatoms. The Morgan fingerprint density at radius 3 is 2.30 bits per heavy atom. The zero-order valence-corrected chi connectivity index (χ0v) is 12.4. The molecule has 1 aromatic carbocycles. The average molecular weight is 267 g/mol. The first-order valence-electron chi connectivity index (χ1n) is 8.10. The van der Waals surface area contributed by atoms with E-state index in [4.69, 9.17) is 6.42 Å². The highest BCUT2D eigenvalue weighted by molar-refractivity contribution is 5.31. The Kier molecular flexibility index (Phi) is 4.13. The van der Waals surface area contributed by atoms with Crippen LogP contribution in [0.4, 0.5) is 0 Å². The molecule has 0 spiro atoms. The number of hydrogen-bond donors (Lipinski definition) is 1. The highest BCUT2D eigenvalue weighted by Crippen LogP contribution is 2.40. The third-order valence-electron chi connectivity index (χ3n) is 5.18. The van der Waals surface area contributed by atoms with Crippen LogP contribution in [0, 0.1) is 24.2 Å². The molecule has 3 atom stereocenters. The second kappa shape index (κ2) is 6.02. The quantitative estimate of drug-likeness (QED) is 0.822. The molecule has 1 nitrogen and oxygen atoms in total. The van der Waals surface area contributed by atoms with Crippen LogP contribution in [-0.2, 0) is 12.8 Å². The molecule has 3 unspecified atom stereocenters. The van der Waals surface area contributed by atoms with Crippen LogP contribution in [0.5, 0.6) is 0 Å².